The lowest BCUT2D eigenvalue weighted by atomic mass is 10.1. The molecule has 10 heteroatoms. The Labute approximate surface area is 146 Å². The van der Waals surface area contributed by atoms with Crippen LogP contribution in [0.1, 0.15) is 24.5 Å². The second-order valence-electron chi connectivity index (χ2n) is 5.55. The number of hydrogen-bond acceptors (Lipinski definition) is 7. The molecule has 0 bridgehead atoms. The van der Waals surface area contributed by atoms with Gasteiger partial charge in [0.2, 0.25) is 5.82 Å². The van der Waals surface area contributed by atoms with Crippen LogP contribution in [-0.4, -0.2) is 42.0 Å². The van der Waals surface area contributed by atoms with Crippen molar-refractivity contribution in [1.29, 1.82) is 0 Å². The summed E-state index contributed by atoms with van der Waals surface area (Å²) in [7, 11) is 0. The first-order valence-electron chi connectivity index (χ1n) is 7.75. The third kappa shape index (κ3) is 4.20. The Kier molecular flexibility index (Phi) is 5.23. The molecule has 7 nitrogen and oxygen atoms in total. The zero-order chi connectivity index (χ0) is 18.7. The third-order valence-electron chi connectivity index (χ3n) is 3.61. The Morgan fingerprint density at radius 2 is 2.15 bits per heavy atom. The Hall–Kier alpha value is -2.46. The summed E-state index contributed by atoms with van der Waals surface area (Å²) in [6, 6.07) is 4.53. The first kappa shape index (κ1) is 18.3. The van der Waals surface area contributed by atoms with Gasteiger partial charge in [0.05, 0.1) is 25.4 Å². The molecule has 0 saturated carbocycles. The molecule has 2 atom stereocenters. The van der Waals surface area contributed by atoms with E-state index in [1.807, 2.05) is 0 Å². The maximum absolute atomic E-state index is 12.8. The van der Waals surface area contributed by atoms with Crippen molar-refractivity contribution in [3.63, 3.8) is 0 Å². The first-order valence-corrected chi connectivity index (χ1v) is 7.75. The van der Waals surface area contributed by atoms with Gasteiger partial charge in [-0.05, 0) is 19.1 Å². The van der Waals surface area contributed by atoms with E-state index < -0.39 is 29.9 Å². The molecule has 1 aromatic carbocycles. The molecule has 1 aliphatic heterocycles. The predicted octanol–water partition coefficient (Wildman–Crippen LogP) is 2.78. The zero-order valence-corrected chi connectivity index (χ0v) is 13.7. The van der Waals surface area contributed by atoms with Gasteiger partial charge in [-0.2, -0.15) is 18.2 Å². The molecule has 0 aliphatic carbocycles. The Morgan fingerprint density at radius 1 is 1.35 bits per heavy atom. The Balaban J connectivity index is 1.70. The molecule has 1 aliphatic rings. The van der Waals surface area contributed by atoms with Crippen molar-refractivity contribution in [2.45, 2.75) is 25.3 Å². The predicted molar refractivity (Wildman–Crippen MR) is 79.8 cm³/mol. The summed E-state index contributed by atoms with van der Waals surface area (Å²) in [4.78, 5) is 16.0. The molecule has 3 rings (SSSR count). The number of rotatable bonds is 4. The van der Waals surface area contributed by atoms with Gasteiger partial charge in [-0.1, -0.05) is 17.3 Å². The van der Waals surface area contributed by atoms with Crippen molar-refractivity contribution >= 4 is 5.97 Å². The lowest BCUT2D eigenvalue weighted by molar-refractivity contribution is -0.176. The molecule has 2 heterocycles. The van der Waals surface area contributed by atoms with Crippen LogP contribution in [0.5, 0.6) is 0 Å². The van der Waals surface area contributed by atoms with Crippen molar-refractivity contribution in [3.8, 4) is 11.4 Å². The van der Waals surface area contributed by atoms with Gasteiger partial charge in [0.15, 0.2) is 12.2 Å². The topological polar surface area (TPSA) is 83.7 Å². The van der Waals surface area contributed by atoms with Crippen LogP contribution in [0.2, 0.25) is 0 Å². The van der Waals surface area contributed by atoms with Crippen LogP contribution in [0, 0.1) is 0 Å². The van der Waals surface area contributed by atoms with E-state index in [1.165, 1.54) is 19.1 Å². The standard InChI is InChI=1S/C16H15F3N2O5/c1-9(25-15(22)12-8-23-5-6-24-12)14-20-13(21-26-14)10-3-2-4-11(7-10)16(17,18)19/h2-4,7,9,12H,5-6,8H2,1H3/t9-,12+/m1/s1. The SMILES string of the molecule is C[C@@H](OC(=O)[C@@H]1COCCO1)c1nc(-c2cccc(C(F)(F)F)c2)no1. The molecule has 1 fully saturated rings. The summed E-state index contributed by atoms with van der Waals surface area (Å²) in [6.07, 6.45) is -6.20. The number of esters is 1. The molecule has 2 aromatic rings. The van der Waals surface area contributed by atoms with E-state index >= 15 is 0 Å². The lowest BCUT2D eigenvalue weighted by Crippen LogP contribution is -2.37. The van der Waals surface area contributed by atoms with Crippen LogP contribution in [0.25, 0.3) is 11.4 Å². The molecule has 1 aromatic heterocycles. The number of carbonyl (C=O) groups is 1. The third-order valence-corrected chi connectivity index (χ3v) is 3.61. The highest BCUT2D eigenvalue weighted by molar-refractivity contribution is 5.75. The summed E-state index contributed by atoms with van der Waals surface area (Å²) in [6.45, 7) is 2.29. The Morgan fingerprint density at radius 3 is 2.85 bits per heavy atom. The van der Waals surface area contributed by atoms with E-state index in [1.54, 1.807) is 0 Å². The normalized spacial score (nSPS) is 19.2. The van der Waals surface area contributed by atoms with Crippen molar-refractivity contribution in [2.75, 3.05) is 19.8 Å². The van der Waals surface area contributed by atoms with E-state index in [0.717, 1.165) is 12.1 Å². The van der Waals surface area contributed by atoms with Crippen LogP contribution in [0.4, 0.5) is 13.2 Å². The molecule has 140 valence electrons. The van der Waals surface area contributed by atoms with Crippen molar-refractivity contribution in [2.24, 2.45) is 0 Å². The molecule has 26 heavy (non-hydrogen) atoms. The van der Waals surface area contributed by atoms with E-state index in [4.69, 9.17) is 18.7 Å². The van der Waals surface area contributed by atoms with Gasteiger partial charge >= 0.3 is 12.1 Å². The molecule has 1 saturated heterocycles. The van der Waals surface area contributed by atoms with Crippen LogP contribution in [-0.2, 0) is 25.2 Å². The highest BCUT2D eigenvalue weighted by Gasteiger charge is 2.31. The van der Waals surface area contributed by atoms with Crippen molar-refractivity contribution < 1.29 is 36.7 Å². The minimum atomic E-state index is -4.48. The molecule has 0 N–H and O–H groups in total. The summed E-state index contributed by atoms with van der Waals surface area (Å²) in [5, 5.41) is 3.65. The zero-order valence-electron chi connectivity index (χ0n) is 13.7. The number of hydrogen-bond donors (Lipinski definition) is 0. The van der Waals surface area contributed by atoms with Crippen LogP contribution in [0.3, 0.4) is 0 Å². The summed E-state index contributed by atoms with van der Waals surface area (Å²) < 4.78 is 58.9. The van der Waals surface area contributed by atoms with Gasteiger partial charge in [0.25, 0.3) is 5.89 Å². The number of benzene rings is 1. The van der Waals surface area contributed by atoms with E-state index in [0.29, 0.717) is 6.61 Å². The van der Waals surface area contributed by atoms with Crippen molar-refractivity contribution in [3.05, 3.63) is 35.7 Å². The van der Waals surface area contributed by atoms with E-state index in [2.05, 4.69) is 10.1 Å². The number of alkyl halides is 3. The lowest BCUT2D eigenvalue weighted by Gasteiger charge is -2.22. The van der Waals surface area contributed by atoms with E-state index in [-0.39, 0.29) is 30.5 Å². The van der Waals surface area contributed by atoms with Gasteiger partial charge in [-0.25, -0.2) is 4.79 Å². The minimum Gasteiger partial charge on any atom is -0.451 e. The quantitative estimate of drug-likeness (QED) is 0.763. The van der Waals surface area contributed by atoms with Gasteiger partial charge < -0.3 is 18.7 Å². The van der Waals surface area contributed by atoms with E-state index in [9.17, 15) is 18.0 Å². The number of carbonyl (C=O) groups excluding carboxylic acids is 1. The maximum atomic E-state index is 12.8. The largest absolute Gasteiger partial charge is 0.451 e. The van der Waals surface area contributed by atoms with Gasteiger partial charge in [-0.15, -0.1) is 0 Å². The number of ether oxygens (including phenoxy) is 3. The number of aromatic nitrogens is 2. The number of halogens is 3. The average molecular weight is 372 g/mol. The molecule has 0 unspecified atom stereocenters. The second kappa shape index (κ2) is 7.42. The Bertz CT molecular complexity index is 771. The average Bonchev–Trinajstić information content (AvgIpc) is 3.12. The van der Waals surface area contributed by atoms with Gasteiger partial charge in [0, 0.05) is 5.56 Å². The summed E-state index contributed by atoms with van der Waals surface area (Å²) in [5.41, 5.74) is -0.687. The maximum Gasteiger partial charge on any atom is 0.416 e. The molecule has 0 spiro atoms. The van der Waals surface area contributed by atoms with Crippen LogP contribution < -0.4 is 0 Å². The second-order valence-corrected chi connectivity index (χ2v) is 5.55. The molecular weight excluding hydrogens is 357 g/mol. The van der Waals surface area contributed by atoms with Crippen LogP contribution >= 0.6 is 0 Å². The minimum absolute atomic E-state index is 0.0359. The van der Waals surface area contributed by atoms with Crippen LogP contribution in [0.15, 0.2) is 28.8 Å². The fourth-order valence-corrected chi connectivity index (χ4v) is 2.28. The fraction of sp³-hybridized carbons (Fsp3) is 0.438. The monoisotopic (exact) mass is 372 g/mol. The molecule has 0 radical (unpaired) electrons. The number of nitrogens with zero attached hydrogens (tertiary/aromatic N) is 2. The highest BCUT2D eigenvalue weighted by Crippen LogP contribution is 2.31. The first-order chi connectivity index (χ1) is 12.3. The smallest absolute Gasteiger partial charge is 0.416 e. The molecular formula is C16H15F3N2O5. The van der Waals surface area contributed by atoms with Gasteiger partial charge in [0.1, 0.15) is 0 Å². The molecule has 0 amide bonds. The summed E-state index contributed by atoms with van der Waals surface area (Å²) >= 11 is 0. The van der Waals surface area contributed by atoms with Crippen molar-refractivity contribution in [1.82, 2.24) is 10.1 Å². The highest BCUT2D eigenvalue weighted by atomic mass is 19.4. The summed E-state index contributed by atoms with van der Waals surface area (Å²) in [5.74, 6) is -0.718. The fourth-order valence-electron chi connectivity index (χ4n) is 2.28. The van der Waals surface area contributed by atoms with Gasteiger partial charge in [-0.3, -0.25) is 0 Å².